The van der Waals surface area contributed by atoms with E-state index in [0.29, 0.717) is 11.2 Å². The number of para-hydroxylation sites is 1. The molecule has 102 valence electrons. The molecule has 0 aliphatic rings. The van der Waals surface area contributed by atoms with Gasteiger partial charge in [0.25, 0.3) is 0 Å². The molecule has 5 heteroatoms. The Morgan fingerprint density at radius 1 is 1.30 bits per heavy atom. The van der Waals surface area contributed by atoms with Crippen LogP contribution in [0.3, 0.4) is 0 Å². The van der Waals surface area contributed by atoms with Crippen LogP contribution < -0.4 is 5.73 Å². The van der Waals surface area contributed by atoms with Crippen LogP contribution in [-0.4, -0.2) is 9.55 Å². The summed E-state index contributed by atoms with van der Waals surface area (Å²) in [6.45, 7) is 2.74. The first-order valence-electron chi connectivity index (χ1n) is 6.32. The molecule has 0 saturated heterocycles. The number of aromatic nitrogens is 2. The number of aryl methyl sites for hydroxylation is 1. The highest BCUT2D eigenvalue weighted by molar-refractivity contribution is 9.10. The lowest BCUT2D eigenvalue weighted by Crippen LogP contribution is -1.98. The van der Waals surface area contributed by atoms with Crippen molar-refractivity contribution >= 4 is 32.7 Å². The number of fused-ring (bicyclic) bond motifs is 1. The first-order chi connectivity index (χ1) is 9.61. The van der Waals surface area contributed by atoms with Crippen LogP contribution >= 0.6 is 15.9 Å². The molecule has 0 bridgehead atoms. The fourth-order valence-electron chi connectivity index (χ4n) is 2.32. The Bertz CT molecular complexity index is 795. The summed E-state index contributed by atoms with van der Waals surface area (Å²) in [5, 5.41) is 0. The second-order valence-corrected chi connectivity index (χ2v) is 5.38. The molecule has 0 unspecified atom stereocenters. The van der Waals surface area contributed by atoms with E-state index in [-0.39, 0.29) is 5.82 Å². The summed E-state index contributed by atoms with van der Waals surface area (Å²) in [7, 11) is 0. The standard InChI is InChI=1S/C15H13BrFN3/c1-2-20-13-5-3-4-11(17)14(13)19-15(20)9-6-7-12(18)10(16)8-9/h3-8H,2,18H2,1H3. The molecule has 0 aliphatic carbocycles. The van der Waals surface area contributed by atoms with E-state index in [1.54, 1.807) is 6.07 Å². The minimum atomic E-state index is -0.300. The van der Waals surface area contributed by atoms with E-state index >= 15 is 0 Å². The summed E-state index contributed by atoms with van der Waals surface area (Å²) in [6.07, 6.45) is 0. The maximum atomic E-state index is 13.9. The average molecular weight is 334 g/mol. The quantitative estimate of drug-likeness (QED) is 0.714. The molecule has 0 saturated carbocycles. The van der Waals surface area contributed by atoms with E-state index < -0.39 is 0 Å². The van der Waals surface area contributed by atoms with Gasteiger partial charge in [0.1, 0.15) is 11.3 Å². The van der Waals surface area contributed by atoms with Crippen LogP contribution in [0.1, 0.15) is 6.92 Å². The van der Waals surface area contributed by atoms with E-state index in [0.717, 1.165) is 27.9 Å². The molecule has 2 aromatic carbocycles. The van der Waals surface area contributed by atoms with Gasteiger partial charge in [-0.1, -0.05) is 6.07 Å². The predicted octanol–water partition coefficient (Wildman–Crippen LogP) is 4.21. The topological polar surface area (TPSA) is 43.8 Å². The monoisotopic (exact) mass is 333 g/mol. The van der Waals surface area contributed by atoms with Crippen molar-refractivity contribution < 1.29 is 4.39 Å². The highest BCUT2D eigenvalue weighted by Crippen LogP contribution is 2.30. The summed E-state index contributed by atoms with van der Waals surface area (Å²) in [5.41, 5.74) is 8.58. The number of halogens is 2. The molecule has 20 heavy (non-hydrogen) atoms. The second-order valence-electron chi connectivity index (χ2n) is 4.52. The average Bonchev–Trinajstić information content (AvgIpc) is 2.82. The van der Waals surface area contributed by atoms with Gasteiger partial charge in [0.05, 0.1) is 5.52 Å². The molecule has 0 spiro atoms. The molecular weight excluding hydrogens is 321 g/mol. The molecule has 0 atom stereocenters. The smallest absolute Gasteiger partial charge is 0.151 e. The first kappa shape index (κ1) is 13.1. The molecule has 3 aromatic rings. The lowest BCUT2D eigenvalue weighted by atomic mass is 10.2. The highest BCUT2D eigenvalue weighted by Gasteiger charge is 2.14. The van der Waals surface area contributed by atoms with Crippen LogP contribution in [0.5, 0.6) is 0 Å². The zero-order valence-corrected chi connectivity index (χ0v) is 12.5. The van der Waals surface area contributed by atoms with Gasteiger partial charge in [-0.2, -0.15) is 0 Å². The van der Waals surface area contributed by atoms with Crippen molar-refractivity contribution in [3.05, 3.63) is 46.7 Å². The SMILES string of the molecule is CCn1c(-c2ccc(N)c(Br)c2)nc2c(F)cccc21. The summed E-state index contributed by atoms with van der Waals surface area (Å²) < 4.78 is 16.7. The largest absolute Gasteiger partial charge is 0.398 e. The summed E-state index contributed by atoms with van der Waals surface area (Å²) in [6, 6.07) is 10.6. The van der Waals surface area contributed by atoms with Gasteiger partial charge in [0, 0.05) is 22.3 Å². The number of nitrogens with two attached hydrogens (primary N) is 1. The van der Waals surface area contributed by atoms with E-state index in [9.17, 15) is 4.39 Å². The highest BCUT2D eigenvalue weighted by atomic mass is 79.9. The van der Waals surface area contributed by atoms with Crippen LogP contribution in [0.2, 0.25) is 0 Å². The lowest BCUT2D eigenvalue weighted by molar-refractivity contribution is 0.637. The fourth-order valence-corrected chi connectivity index (χ4v) is 2.70. The Labute approximate surface area is 124 Å². The Morgan fingerprint density at radius 2 is 2.10 bits per heavy atom. The van der Waals surface area contributed by atoms with Crippen LogP contribution in [0.15, 0.2) is 40.9 Å². The summed E-state index contributed by atoms with van der Waals surface area (Å²) in [5.74, 6) is 0.443. The maximum absolute atomic E-state index is 13.9. The summed E-state index contributed by atoms with van der Waals surface area (Å²) >= 11 is 3.41. The third kappa shape index (κ3) is 1.98. The van der Waals surface area contributed by atoms with E-state index in [4.69, 9.17) is 5.73 Å². The minimum absolute atomic E-state index is 0.300. The minimum Gasteiger partial charge on any atom is -0.398 e. The second kappa shape index (κ2) is 4.90. The molecule has 1 heterocycles. The van der Waals surface area contributed by atoms with Gasteiger partial charge in [-0.15, -0.1) is 0 Å². The third-order valence-corrected chi connectivity index (χ3v) is 3.99. The maximum Gasteiger partial charge on any atom is 0.151 e. The Kier molecular flexibility index (Phi) is 3.22. The molecule has 0 aliphatic heterocycles. The van der Waals surface area contributed by atoms with Gasteiger partial charge in [-0.3, -0.25) is 0 Å². The number of hydrogen-bond acceptors (Lipinski definition) is 2. The number of rotatable bonds is 2. The van der Waals surface area contributed by atoms with Crippen LogP contribution in [-0.2, 0) is 6.54 Å². The van der Waals surface area contributed by atoms with Crippen molar-refractivity contribution in [2.75, 3.05) is 5.73 Å². The molecule has 0 amide bonds. The molecule has 3 nitrogen and oxygen atoms in total. The number of nitrogens with zero attached hydrogens (tertiary/aromatic N) is 2. The van der Waals surface area contributed by atoms with Gasteiger partial charge in [-0.25, -0.2) is 9.37 Å². The van der Waals surface area contributed by atoms with Crippen LogP contribution in [0, 0.1) is 5.82 Å². The molecule has 0 radical (unpaired) electrons. The Hall–Kier alpha value is -1.88. The van der Waals surface area contributed by atoms with E-state index in [1.165, 1.54) is 6.07 Å². The van der Waals surface area contributed by atoms with Gasteiger partial charge in [-0.05, 0) is 53.2 Å². The van der Waals surface area contributed by atoms with Crippen molar-refractivity contribution in [1.82, 2.24) is 9.55 Å². The number of nitrogen functional groups attached to an aromatic ring is 1. The van der Waals surface area contributed by atoms with Crippen molar-refractivity contribution in [1.29, 1.82) is 0 Å². The number of benzene rings is 2. The van der Waals surface area contributed by atoms with Crippen molar-refractivity contribution in [3.63, 3.8) is 0 Å². The predicted molar refractivity (Wildman–Crippen MR) is 82.9 cm³/mol. The zero-order valence-electron chi connectivity index (χ0n) is 10.9. The number of hydrogen-bond donors (Lipinski definition) is 1. The number of anilines is 1. The van der Waals surface area contributed by atoms with Crippen LogP contribution in [0.25, 0.3) is 22.4 Å². The van der Waals surface area contributed by atoms with E-state index in [1.807, 2.05) is 35.8 Å². The molecule has 0 fully saturated rings. The zero-order chi connectivity index (χ0) is 14.3. The lowest BCUT2D eigenvalue weighted by Gasteiger charge is -2.07. The first-order valence-corrected chi connectivity index (χ1v) is 7.11. The van der Waals surface area contributed by atoms with Crippen LogP contribution in [0.4, 0.5) is 10.1 Å². The van der Waals surface area contributed by atoms with Crippen molar-refractivity contribution in [2.45, 2.75) is 13.5 Å². The molecule has 3 rings (SSSR count). The van der Waals surface area contributed by atoms with Gasteiger partial charge in [0.2, 0.25) is 0 Å². The van der Waals surface area contributed by atoms with Gasteiger partial charge < -0.3 is 10.3 Å². The van der Waals surface area contributed by atoms with Crippen molar-refractivity contribution in [2.24, 2.45) is 0 Å². The summed E-state index contributed by atoms with van der Waals surface area (Å²) in [4.78, 5) is 4.45. The molecule has 2 N–H and O–H groups in total. The fraction of sp³-hybridized carbons (Fsp3) is 0.133. The van der Waals surface area contributed by atoms with Gasteiger partial charge in [0.15, 0.2) is 5.82 Å². The van der Waals surface area contributed by atoms with Crippen molar-refractivity contribution in [3.8, 4) is 11.4 Å². The Morgan fingerprint density at radius 3 is 2.80 bits per heavy atom. The van der Waals surface area contributed by atoms with Gasteiger partial charge >= 0.3 is 0 Å². The Balaban J connectivity index is 2.30. The number of imidazole rings is 1. The van der Waals surface area contributed by atoms with E-state index in [2.05, 4.69) is 20.9 Å². The molecule has 1 aromatic heterocycles. The normalized spacial score (nSPS) is 11.2. The third-order valence-electron chi connectivity index (χ3n) is 3.30. The molecular formula is C15H13BrFN3.